The van der Waals surface area contributed by atoms with Crippen LogP contribution in [0.25, 0.3) is 0 Å². The summed E-state index contributed by atoms with van der Waals surface area (Å²) in [5.74, 6) is -0.182. The van der Waals surface area contributed by atoms with E-state index in [0.29, 0.717) is 0 Å². The van der Waals surface area contributed by atoms with Crippen molar-refractivity contribution in [3.05, 3.63) is 24.3 Å². The molecule has 0 aliphatic rings. The molecule has 0 radical (unpaired) electrons. The van der Waals surface area contributed by atoms with Gasteiger partial charge in [-0.15, -0.1) is 11.8 Å². The zero-order valence-electron chi connectivity index (χ0n) is 13.1. The maximum Gasteiger partial charge on any atom is 0.408 e. The lowest BCUT2D eigenvalue weighted by molar-refractivity contribution is -0.138. The van der Waals surface area contributed by atoms with Crippen LogP contribution in [0.1, 0.15) is 20.8 Å². The second-order valence-electron chi connectivity index (χ2n) is 5.52. The van der Waals surface area contributed by atoms with Gasteiger partial charge in [-0.1, -0.05) is 0 Å². The van der Waals surface area contributed by atoms with Crippen molar-refractivity contribution < 1.29 is 24.2 Å². The maximum atomic E-state index is 11.6. The van der Waals surface area contributed by atoms with E-state index >= 15 is 0 Å². The van der Waals surface area contributed by atoms with E-state index in [0.717, 1.165) is 10.6 Å². The van der Waals surface area contributed by atoms with Gasteiger partial charge in [0.25, 0.3) is 0 Å². The molecule has 1 atom stereocenters. The van der Waals surface area contributed by atoms with Crippen molar-refractivity contribution in [3.63, 3.8) is 0 Å². The van der Waals surface area contributed by atoms with E-state index in [4.69, 9.17) is 9.47 Å². The summed E-state index contributed by atoms with van der Waals surface area (Å²) in [5.41, 5.74) is -0.670. The predicted octanol–water partition coefficient (Wildman–Crippen LogP) is 2.77. The summed E-state index contributed by atoms with van der Waals surface area (Å²) in [4.78, 5) is 23.8. The highest BCUT2D eigenvalue weighted by Crippen LogP contribution is 2.22. The number of amides is 1. The number of carboxylic acids is 1. The zero-order chi connectivity index (χ0) is 16.8. The summed E-state index contributed by atoms with van der Waals surface area (Å²) in [6, 6.07) is 6.21. The normalized spacial score (nSPS) is 12.4. The Kier molecular flexibility index (Phi) is 6.55. The highest BCUT2D eigenvalue weighted by Gasteiger charge is 2.24. The van der Waals surface area contributed by atoms with Gasteiger partial charge in [0, 0.05) is 10.6 Å². The fourth-order valence-corrected chi connectivity index (χ4v) is 2.39. The first-order valence-corrected chi connectivity index (χ1v) is 7.69. The van der Waals surface area contributed by atoms with E-state index in [9.17, 15) is 14.7 Å². The van der Waals surface area contributed by atoms with Crippen molar-refractivity contribution in [1.29, 1.82) is 0 Å². The van der Waals surface area contributed by atoms with Gasteiger partial charge in [-0.25, -0.2) is 9.59 Å². The van der Waals surface area contributed by atoms with Crippen molar-refractivity contribution in [1.82, 2.24) is 5.32 Å². The molecule has 1 aromatic carbocycles. The van der Waals surface area contributed by atoms with Gasteiger partial charge in [-0.05, 0) is 45.0 Å². The molecule has 0 bridgehead atoms. The van der Waals surface area contributed by atoms with Crippen molar-refractivity contribution in [2.45, 2.75) is 37.3 Å². The van der Waals surface area contributed by atoms with Crippen LogP contribution in [0.3, 0.4) is 0 Å². The van der Waals surface area contributed by atoms with Gasteiger partial charge in [-0.3, -0.25) is 0 Å². The van der Waals surface area contributed by atoms with Crippen LogP contribution in [0.15, 0.2) is 29.2 Å². The van der Waals surface area contributed by atoms with Gasteiger partial charge in [0.05, 0.1) is 7.11 Å². The molecular formula is C15H21NO5S. The summed E-state index contributed by atoms with van der Waals surface area (Å²) in [6.45, 7) is 5.15. The largest absolute Gasteiger partial charge is 0.497 e. The Hall–Kier alpha value is -1.89. The number of carbonyl (C=O) groups excluding carboxylic acids is 1. The number of hydrogen-bond acceptors (Lipinski definition) is 5. The van der Waals surface area contributed by atoms with Crippen LogP contribution in [0.4, 0.5) is 4.79 Å². The molecule has 0 fully saturated rings. The maximum absolute atomic E-state index is 11.6. The summed E-state index contributed by atoms with van der Waals surface area (Å²) >= 11 is 1.33. The minimum Gasteiger partial charge on any atom is -0.497 e. The second-order valence-corrected chi connectivity index (χ2v) is 6.62. The first-order valence-electron chi connectivity index (χ1n) is 6.70. The molecular weight excluding hydrogens is 306 g/mol. The Morgan fingerprint density at radius 2 is 1.86 bits per heavy atom. The summed E-state index contributed by atoms with van der Waals surface area (Å²) < 4.78 is 10.1. The number of aliphatic carboxylic acids is 1. The Labute approximate surface area is 134 Å². The number of carboxylic acid groups (broad SMARTS) is 1. The van der Waals surface area contributed by atoms with Crippen LogP contribution in [-0.4, -0.2) is 41.7 Å². The number of alkyl carbamates (subject to hydrolysis) is 1. The molecule has 1 amide bonds. The lowest BCUT2D eigenvalue weighted by Crippen LogP contribution is -2.44. The lowest BCUT2D eigenvalue weighted by atomic mass is 10.2. The molecule has 0 aromatic heterocycles. The summed E-state index contributed by atoms with van der Waals surface area (Å²) in [5, 5.41) is 11.5. The number of thioether (sulfide) groups is 1. The minimum atomic E-state index is -1.10. The Bertz CT molecular complexity index is 510. The van der Waals surface area contributed by atoms with E-state index in [1.807, 2.05) is 12.1 Å². The van der Waals surface area contributed by atoms with Crippen LogP contribution in [-0.2, 0) is 9.53 Å². The van der Waals surface area contributed by atoms with Crippen molar-refractivity contribution >= 4 is 23.8 Å². The molecule has 2 N–H and O–H groups in total. The minimum absolute atomic E-state index is 0.195. The number of carbonyl (C=O) groups is 2. The summed E-state index contributed by atoms with van der Waals surface area (Å²) in [7, 11) is 1.58. The number of rotatable bonds is 6. The first-order chi connectivity index (χ1) is 10.2. The predicted molar refractivity (Wildman–Crippen MR) is 84.5 cm³/mol. The van der Waals surface area contributed by atoms with Gasteiger partial charge in [-0.2, -0.15) is 0 Å². The van der Waals surface area contributed by atoms with Crippen molar-refractivity contribution in [3.8, 4) is 5.75 Å². The molecule has 1 aromatic rings. The smallest absolute Gasteiger partial charge is 0.408 e. The Morgan fingerprint density at radius 1 is 1.27 bits per heavy atom. The van der Waals surface area contributed by atoms with Crippen LogP contribution in [0, 0.1) is 0 Å². The molecule has 6 nitrogen and oxygen atoms in total. The van der Waals surface area contributed by atoms with Crippen LogP contribution in [0.2, 0.25) is 0 Å². The number of hydrogen-bond donors (Lipinski definition) is 2. The monoisotopic (exact) mass is 327 g/mol. The molecule has 0 aliphatic carbocycles. The molecule has 0 spiro atoms. The molecule has 1 rings (SSSR count). The molecule has 0 saturated heterocycles. The van der Waals surface area contributed by atoms with Crippen LogP contribution >= 0.6 is 11.8 Å². The second kappa shape index (κ2) is 7.93. The van der Waals surface area contributed by atoms with Gasteiger partial charge in [0.1, 0.15) is 17.4 Å². The van der Waals surface area contributed by atoms with Gasteiger partial charge < -0.3 is 19.9 Å². The zero-order valence-corrected chi connectivity index (χ0v) is 13.9. The average Bonchev–Trinajstić information content (AvgIpc) is 2.41. The van der Waals surface area contributed by atoms with Crippen LogP contribution < -0.4 is 10.1 Å². The van der Waals surface area contributed by atoms with Crippen molar-refractivity contribution in [2.75, 3.05) is 12.9 Å². The van der Waals surface area contributed by atoms with Gasteiger partial charge >= 0.3 is 12.1 Å². The van der Waals surface area contributed by atoms with Crippen molar-refractivity contribution in [2.24, 2.45) is 0 Å². The third kappa shape index (κ3) is 6.71. The Balaban J connectivity index is 2.57. The highest BCUT2D eigenvalue weighted by molar-refractivity contribution is 7.99. The SMILES string of the molecule is COc1ccc(SCC(NC(=O)OC(C)(C)C)C(=O)O)cc1. The quantitative estimate of drug-likeness (QED) is 0.782. The molecule has 7 heteroatoms. The highest BCUT2D eigenvalue weighted by atomic mass is 32.2. The lowest BCUT2D eigenvalue weighted by Gasteiger charge is -2.21. The molecule has 1 unspecified atom stereocenters. The topological polar surface area (TPSA) is 84.9 Å². The van der Waals surface area contributed by atoms with E-state index in [1.165, 1.54) is 11.8 Å². The molecule has 0 heterocycles. The third-order valence-electron chi connectivity index (χ3n) is 2.47. The number of nitrogens with one attached hydrogen (secondary N) is 1. The van der Waals surface area contributed by atoms with E-state index in [-0.39, 0.29) is 5.75 Å². The average molecular weight is 327 g/mol. The van der Waals surface area contributed by atoms with Crippen LogP contribution in [0.5, 0.6) is 5.75 Å². The standard InChI is InChI=1S/C15H21NO5S/c1-15(2,3)21-14(19)16-12(13(17)18)9-22-11-7-5-10(20-4)6-8-11/h5-8,12H,9H2,1-4H3,(H,16,19)(H,17,18). The molecule has 122 valence electrons. The molecule has 0 aliphatic heterocycles. The fraction of sp³-hybridized carbons (Fsp3) is 0.467. The van der Waals surface area contributed by atoms with E-state index < -0.39 is 23.7 Å². The van der Waals surface area contributed by atoms with E-state index in [2.05, 4.69) is 5.32 Å². The first kappa shape index (κ1) is 18.2. The van der Waals surface area contributed by atoms with Gasteiger partial charge in [0.2, 0.25) is 0 Å². The van der Waals surface area contributed by atoms with Gasteiger partial charge in [0.15, 0.2) is 0 Å². The Morgan fingerprint density at radius 3 is 2.32 bits per heavy atom. The van der Waals surface area contributed by atoms with E-state index in [1.54, 1.807) is 40.0 Å². The number of benzene rings is 1. The third-order valence-corrected chi connectivity index (χ3v) is 3.57. The molecule has 22 heavy (non-hydrogen) atoms. The molecule has 0 saturated carbocycles. The number of methoxy groups -OCH3 is 1. The fourth-order valence-electron chi connectivity index (χ4n) is 1.48. The summed E-state index contributed by atoms with van der Waals surface area (Å²) in [6.07, 6.45) is -0.741. The number of ether oxygens (including phenoxy) is 2.